The van der Waals surface area contributed by atoms with Gasteiger partial charge in [-0.25, -0.2) is 9.97 Å². The first-order chi connectivity index (χ1) is 9.29. The van der Waals surface area contributed by atoms with Crippen LogP contribution in [0.5, 0.6) is 0 Å². The number of aromatic nitrogens is 3. The Balaban J connectivity index is 1.85. The lowest BCUT2D eigenvalue weighted by Crippen LogP contribution is -1.91. The number of nitrogens with two attached hydrogens (primary N) is 1. The third-order valence-corrected chi connectivity index (χ3v) is 3.46. The van der Waals surface area contributed by atoms with Crippen molar-refractivity contribution in [3.05, 3.63) is 35.9 Å². The van der Waals surface area contributed by atoms with E-state index >= 15 is 0 Å². The second kappa shape index (κ2) is 3.71. The molecule has 0 aliphatic carbocycles. The van der Waals surface area contributed by atoms with Crippen molar-refractivity contribution in [2.75, 3.05) is 17.6 Å². The summed E-state index contributed by atoms with van der Waals surface area (Å²) in [4.78, 5) is 12.0. The molecule has 0 atom stereocenters. The zero-order chi connectivity index (χ0) is 12.8. The third kappa shape index (κ3) is 1.62. The molecule has 3 heterocycles. The van der Waals surface area contributed by atoms with Crippen molar-refractivity contribution in [3.63, 3.8) is 0 Å². The van der Waals surface area contributed by atoms with Gasteiger partial charge in [0, 0.05) is 17.8 Å². The van der Waals surface area contributed by atoms with E-state index in [4.69, 9.17) is 5.73 Å². The molecule has 0 radical (unpaired) electrons. The first-order valence-corrected chi connectivity index (χ1v) is 6.29. The lowest BCUT2D eigenvalue weighted by Gasteiger charge is -2.02. The summed E-state index contributed by atoms with van der Waals surface area (Å²) < 4.78 is 0. The van der Waals surface area contributed by atoms with Gasteiger partial charge in [-0.15, -0.1) is 0 Å². The number of H-pyrrole nitrogens is 1. The van der Waals surface area contributed by atoms with E-state index < -0.39 is 0 Å². The first kappa shape index (κ1) is 10.4. The van der Waals surface area contributed by atoms with Crippen molar-refractivity contribution in [1.82, 2.24) is 15.0 Å². The molecule has 1 aliphatic heterocycles. The molecule has 0 unspecified atom stereocenters. The van der Waals surface area contributed by atoms with Crippen LogP contribution in [0.15, 0.2) is 30.3 Å². The number of hydrogen-bond donors (Lipinski definition) is 3. The van der Waals surface area contributed by atoms with Gasteiger partial charge in [-0.05, 0) is 30.2 Å². The Morgan fingerprint density at radius 3 is 3.00 bits per heavy atom. The smallest absolute Gasteiger partial charge is 0.180 e. The minimum atomic E-state index is 0.487. The summed E-state index contributed by atoms with van der Waals surface area (Å²) in [7, 11) is 0. The Labute approximate surface area is 109 Å². The van der Waals surface area contributed by atoms with E-state index in [-0.39, 0.29) is 0 Å². The fraction of sp³-hybridized carbons (Fsp3) is 0.143. The zero-order valence-corrected chi connectivity index (χ0v) is 10.3. The summed E-state index contributed by atoms with van der Waals surface area (Å²) in [6, 6.07) is 10.0. The summed E-state index contributed by atoms with van der Waals surface area (Å²) in [5.74, 6) is 1.31. The molecular formula is C14H13N5. The zero-order valence-electron chi connectivity index (χ0n) is 10.3. The lowest BCUT2D eigenvalue weighted by molar-refractivity contribution is 1.11. The summed E-state index contributed by atoms with van der Waals surface area (Å²) in [6.07, 6.45) is 1.09. The Morgan fingerprint density at radius 1 is 1.11 bits per heavy atom. The van der Waals surface area contributed by atoms with Gasteiger partial charge in [0.2, 0.25) is 0 Å². The number of nitrogen functional groups attached to an aromatic ring is 1. The maximum absolute atomic E-state index is 5.67. The van der Waals surface area contributed by atoms with Crippen molar-refractivity contribution in [1.29, 1.82) is 0 Å². The van der Waals surface area contributed by atoms with Gasteiger partial charge in [-0.3, -0.25) is 0 Å². The molecule has 4 rings (SSSR count). The molecule has 1 aliphatic rings. The Hall–Kier alpha value is -2.56. The number of nitrogens with zero attached hydrogens (tertiary/aromatic N) is 2. The molecule has 1 aromatic carbocycles. The van der Waals surface area contributed by atoms with E-state index in [1.54, 1.807) is 6.07 Å². The van der Waals surface area contributed by atoms with E-state index in [1.165, 1.54) is 11.3 Å². The van der Waals surface area contributed by atoms with Crippen LogP contribution in [-0.2, 0) is 6.42 Å². The molecule has 94 valence electrons. The highest BCUT2D eigenvalue weighted by atomic mass is 15.0. The fourth-order valence-corrected chi connectivity index (χ4v) is 2.48. The van der Waals surface area contributed by atoms with Crippen molar-refractivity contribution >= 4 is 22.7 Å². The molecule has 5 nitrogen and oxygen atoms in total. The molecule has 0 fully saturated rings. The van der Waals surface area contributed by atoms with E-state index in [0.717, 1.165) is 29.9 Å². The number of rotatable bonds is 1. The second-order valence-electron chi connectivity index (χ2n) is 4.74. The number of anilines is 2. The number of nitrogens with one attached hydrogen (secondary N) is 2. The number of hydrogen-bond acceptors (Lipinski definition) is 4. The SMILES string of the molecule is Nc1ccc2[nH]c(-c3ccc4c(c3)NCC4)nc2n1. The predicted molar refractivity (Wildman–Crippen MR) is 75.9 cm³/mol. The minimum absolute atomic E-state index is 0.487. The maximum atomic E-state index is 5.67. The molecule has 19 heavy (non-hydrogen) atoms. The largest absolute Gasteiger partial charge is 0.384 e. The molecule has 0 bridgehead atoms. The van der Waals surface area contributed by atoms with Gasteiger partial charge in [0.15, 0.2) is 5.65 Å². The quantitative estimate of drug-likeness (QED) is 0.619. The van der Waals surface area contributed by atoms with Crippen molar-refractivity contribution in [2.45, 2.75) is 6.42 Å². The fourth-order valence-electron chi connectivity index (χ4n) is 2.48. The molecule has 0 amide bonds. The highest BCUT2D eigenvalue weighted by molar-refractivity contribution is 5.78. The highest BCUT2D eigenvalue weighted by Crippen LogP contribution is 2.28. The van der Waals surface area contributed by atoms with Gasteiger partial charge in [0.25, 0.3) is 0 Å². The Morgan fingerprint density at radius 2 is 2.05 bits per heavy atom. The first-order valence-electron chi connectivity index (χ1n) is 6.29. The summed E-state index contributed by atoms with van der Waals surface area (Å²) in [5, 5.41) is 3.38. The minimum Gasteiger partial charge on any atom is -0.384 e. The van der Waals surface area contributed by atoms with Crippen LogP contribution < -0.4 is 11.1 Å². The number of fused-ring (bicyclic) bond motifs is 2. The van der Waals surface area contributed by atoms with Crippen molar-refractivity contribution < 1.29 is 0 Å². The summed E-state index contributed by atoms with van der Waals surface area (Å²) in [6.45, 7) is 1.01. The van der Waals surface area contributed by atoms with E-state index in [1.807, 2.05) is 6.07 Å². The molecule has 0 saturated heterocycles. The van der Waals surface area contributed by atoms with Crippen LogP contribution in [0, 0.1) is 0 Å². The topological polar surface area (TPSA) is 79.6 Å². The normalized spacial score (nSPS) is 13.5. The number of aromatic amines is 1. The second-order valence-corrected chi connectivity index (χ2v) is 4.74. The van der Waals surface area contributed by atoms with Crippen molar-refractivity contribution in [3.8, 4) is 11.4 Å². The molecule has 5 heteroatoms. The Bertz CT molecular complexity index is 775. The molecule has 0 spiro atoms. The van der Waals surface area contributed by atoms with Gasteiger partial charge >= 0.3 is 0 Å². The van der Waals surface area contributed by atoms with Crippen molar-refractivity contribution in [2.24, 2.45) is 0 Å². The molecule has 4 N–H and O–H groups in total. The van der Waals surface area contributed by atoms with Crippen LogP contribution in [0.3, 0.4) is 0 Å². The Kier molecular flexibility index (Phi) is 2.03. The summed E-state index contributed by atoms with van der Waals surface area (Å²) >= 11 is 0. The van der Waals surface area contributed by atoms with Gasteiger partial charge in [0.1, 0.15) is 11.6 Å². The average Bonchev–Trinajstić information content (AvgIpc) is 3.02. The maximum Gasteiger partial charge on any atom is 0.180 e. The molecule has 3 aromatic rings. The summed E-state index contributed by atoms with van der Waals surface area (Å²) in [5.41, 5.74) is 10.8. The molecule has 2 aromatic heterocycles. The number of pyridine rings is 1. The molecular weight excluding hydrogens is 238 g/mol. The van der Waals surface area contributed by atoms with E-state index in [0.29, 0.717) is 11.5 Å². The van der Waals surface area contributed by atoms with Crippen LogP contribution in [0.1, 0.15) is 5.56 Å². The number of benzene rings is 1. The van der Waals surface area contributed by atoms with Crippen LogP contribution in [-0.4, -0.2) is 21.5 Å². The van der Waals surface area contributed by atoms with Crippen LogP contribution in [0.4, 0.5) is 11.5 Å². The standard InChI is InChI=1S/C14H13N5/c15-12-4-3-10-14(18-12)19-13(17-10)9-2-1-8-5-6-16-11(8)7-9/h1-4,7,16H,5-6H2,(H3,15,17,18,19). The van der Waals surface area contributed by atoms with Gasteiger partial charge in [-0.1, -0.05) is 12.1 Å². The third-order valence-electron chi connectivity index (χ3n) is 3.46. The molecule has 0 saturated carbocycles. The monoisotopic (exact) mass is 251 g/mol. The van der Waals surface area contributed by atoms with E-state index in [2.05, 4.69) is 38.5 Å². The number of imidazole rings is 1. The van der Waals surface area contributed by atoms with Gasteiger partial charge < -0.3 is 16.0 Å². The van der Waals surface area contributed by atoms with Crippen LogP contribution in [0.2, 0.25) is 0 Å². The lowest BCUT2D eigenvalue weighted by atomic mass is 10.1. The predicted octanol–water partition coefficient (Wildman–Crippen LogP) is 2.18. The van der Waals surface area contributed by atoms with Crippen LogP contribution in [0.25, 0.3) is 22.6 Å². The van der Waals surface area contributed by atoms with Gasteiger partial charge in [0.05, 0.1) is 5.52 Å². The van der Waals surface area contributed by atoms with Gasteiger partial charge in [-0.2, -0.15) is 0 Å². The average molecular weight is 251 g/mol. The van der Waals surface area contributed by atoms with Crippen LogP contribution >= 0.6 is 0 Å². The highest BCUT2D eigenvalue weighted by Gasteiger charge is 2.12. The van der Waals surface area contributed by atoms with E-state index in [9.17, 15) is 0 Å².